The van der Waals surface area contributed by atoms with Crippen LogP contribution in [0.2, 0.25) is 0 Å². The number of sulfonamides is 1. The van der Waals surface area contributed by atoms with E-state index in [0.717, 1.165) is 25.2 Å². The van der Waals surface area contributed by atoms with E-state index in [0.29, 0.717) is 19.1 Å². The predicted molar refractivity (Wildman–Crippen MR) is 98.8 cm³/mol. The zero-order valence-electron chi connectivity index (χ0n) is 13.0. The molecule has 1 aliphatic carbocycles. The van der Waals surface area contributed by atoms with E-state index in [2.05, 4.69) is 27.8 Å². The minimum Gasteiger partial charge on any atom is -0.356 e. The highest BCUT2D eigenvalue weighted by atomic mass is 127. The molecule has 8 heteroatoms. The van der Waals surface area contributed by atoms with Crippen molar-refractivity contribution in [3.05, 3.63) is 12.2 Å². The molecule has 0 aliphatic heterocycles. The summed E-state index contributed by atoms with van der Waals surface area (Å²) in [6.07, 6.45) is 7.13. The summed E-state index contributed by atoms with van der Waals surface area (Å²) in [6.45, 7) is 2.88. The first-order chi connectivity index (χ1) is 9.49. The fourth-order valence-corrected chi connectivity index (χ4v) is 2.84. The smallest absolute Gasteiger partial charge is 0.213 e. The van der Waals surface area contributed by atoms with Gasteiger partial charge in [0.15, 0.2) is 5.96 Å². The summed E-state index contributed by atoms with van der Waals surface area (Å²) in [5.74, 6) is 0.925. The minimum absolute atomic E-state index is 0. The van der Waals surface area contributed by atoms with Gasteiger partial charge in [0, 0.05) is 33.2 Å². The van der Waals surface area contributed by atoms with Crippen molar-refractivity contribution < 1.29 is 8.42 Å². The lowest BCUT2D eigenvalue weighted by molar-refractivity contribution is 0.461. The van der Waals surface area contributed by atoms with Crippen LogP contribution in [0.4, 0.5) is 0 Å². The molecule has 1 rings (SSSR count). The molecule has 0 bridgehead atoms. The van der Waals surface area contributed by atoms with Gasteiger partial charge in [-0.1, -0.05) is 12.2 Å². The summed E-state index contributed by atoms with van der Waals surface area (Å²) in [5.41, 5.74) is 0. The molecule has 6 nitrogen and oxygen atoms in total. The van der Waals surface area contributed by atoms with Gasteiger partial charge in [-0.05, 0) is 26.2 Å². The molecule has 0 radical (unpaired) electrons. The average Bonchev–Trinajstić information content (AvgIpc) is 2.94. The minimum atomic E-state index is -3.07. The van der Waals surface area contributed by atoms with Crippen molar-refractivity contribution in [2.45, 2.75) is 32.2 Å². The largest absolute Gasteiger partial charge is 0.356 e. The van der Waals surface area contributed by atoms with Gasteiger partial charge in [0.2, 0.25) is 10.0 Å². The molecule has 2 N–H and O–H groups in total. The Kier molecular flexibility index (Phi) is 10.2. The van der Waals surface area contributed by atoms with Gasteiger partial charge in [-0.25, -0.2) is 12.7 Å². The number of aliphatic imine (C=N–C) groups is 1. The Hall–Kier alpha value is -0.350. The standard InChI is InChI=1S/C13H26N4O2S.HI/c1-4-20(18,19)17(3)11-7-10-15-13(14-2)16-12-8-5-6-9-12;/h5-6,12H,4,7-11H2,1-3H3,(H2,14,15,16);1H. The van der Waals surface area contributed by atoms with Crippen molar-refractivity contribution in [3.63, 3.8) is 0 Å². The molecule has 1 aliphatic rings. The Labute approximate surface area is 145 Å². The van der Waals surface area contributed by atoms with Crippen LogP contribution in [-0.4, -0.2) is 57.7 Å². The Morgan fingerprint density at radius 1 is 1.38 bits per heavy atom. The van der Waals surface area contributed by atoms with E-state index in [1.165, 1.54) is 4.31 Å². The second-order valence-electron chi connectivity index (χ2n) is 4.86. The van der Waals surface area contributed by atoms with Crippen molar-refractivity contribution in [1.29, 1.82) is 0 Å². The summed E-state index contributed by atoms with van der Waals surface area (Å²) in [5, 5.41) is 6.55. The molecular formula is C13H27IN4O2S. The van der Waals surface area contributed by atoms with Crippen molar-refractivity contribution in [1.82, 2.24) is 14.9 Å². The summed E-state index contributed by atoms with van der Waals surface area (Å²) in [4.78, 5) is 4.17. The second kappa shape index (κ2) is 10.4. The van der Waals surface area contributed by atoms with Crippen LogP contribution in [0.15, 0.2) is 17.1 Å². The Morgan fingerprint density at radius 2 is 2.00 bits per heavy atom. The third-order valence-corrected chi connectivity index (χ3v) is 5.22. The molecule has 0 amide bonds. The molecule has 0 aromatic carbocycles. The van der Waals surface area contributed by atoms with Crippen LogP contribution in [0.25, 0.3) is 0 Å². The summed E-state index contributed by atoms with van der Waals surface area (Å²) >= 11 is 0. The van der Waals surface area contributed by atoms with E-state index in [4.69, 9.17) is 0 Å². The normalized spacial score (nSPS) is 16.1. The van der Waals surface area contributed by atoms with Gasteiger partial charge in [0.1, 0.15) is 0 Å². The third-order valence-electron chi connectivity index (χ3n) is 3.35. The lowest BCUT2D eigenvalue weighted by Gasteiger charge is -2.18. The van der Waals surface area contributed by atoms with Crippen LogP contribution < -0.4 is 10.6 Å². The Balaban J connectivity index is 0.00000400. The molecule has 0 heterocycles. The molecule has 124 valence electrons. The molecule has 0 aromatic rings. The number of nitrogens with zero attached hydrogens (tertiary/aromatic N) is 2. The fraction of sp³-hybridized carbons (Fsp3) is 0.769. The summed E-state index contributed by atoms with van der Waals surface area (Å²) < 4.78 is 24.6. The molecule has 0 aromatic heterocycles. The number of hydrogen-bond donors (Lipinski definition) is 2. The molecule has 0 spiro atoms. The first-order valence-corrected chi connectivity index (χ1v) is 8.66. The van der Waals surface area contributed by atoms with Crippen LogP contribution in [-0.2, 0) is 10.0 Å². The second-order valence-corrected chi connectivity index (χ2v) is 7.22. The molecule has 0 unspecified atom stereocenters. The molecular weight excluding hydrogens is 403 g/mol. The maximum absolute atomic E-state index is 11.6. The first kappa shape index (κ1) is 20.6. The topological polar surface area (TPSA) is 73.8 Å². The highest BCUT2D eigenvalue weighted by Gasteiger charge is 2.14. The lowest BCUT2D eigenvalue weighted by atomic mass is 10.2. The maximum atomic E-state index is 11.6. The van der Waals surface area contributed by atoms with Crippen LogP contribution in [0, 0.1) is 0 Å². The molecule has 0 atom stereocenters. The molecule has 0 saturated heterocycles. The Morgan fingerprint density at radius 3 is 2.52 bits per heavy atom. The molecule has 0 fully saturated rings. The zero-order chi connectivity index (χ0) is 15.0. The van der Waals surface area contributed by atoms with Crippen LogP contribution in [0.5, 0.6) is 0 Å². The van der Waals surface area contributed by atoms with E-state index in [1.54, 1.807) is 21.0 Å². The molecule has 21 heavy (non-hydrogen) atoms. The van der Waals surface area contributed by atoms with E-state index in [-0.39, 0.29) is 29.7 Å². The van der Waals surface area contributed by atoms with Gasteiger partial charge >= 0.3 is 0 Å². The summed E-state index contributed by atoms with van der Waals surface area (Å²) in [7, 11) is 0.291. The van der Waals surface area contributed by atoms with Gasteiger partial charge in [0.05, 0.1) is 5.75 Å². The van der Waals surface area contributed by atoms with Crippen molar-refractivity contribution in [2.75, 3.05) is 32.9 Å². The van der Waals surface area contributed by atoms with E-state index >= 15 is 0 Å². The van der Waals surface area contributed by atoms with Gasteiger partial charge in [0.25, 0.3) is 0 Å². The molecule has 0 saturated carbocycles. The number of hydrogen-bond acceptors (Lipinski definition) is 3. The first-order valence-electron chi connectivity index (χ1n) is 7.05. The monoisotopic (exact) mass is 430 g/mol. The van der Waals surface area contributed by atoms with Crippen molar-refractivity contribution >= 4 is 40.0 Å². The van der Waals surface area contributed by atoms with Gasteiger partial charge in [-0.2, -0.15) is 0 Å². The summed E-state index contributed by atoms with van der Waals surface area (Å²) in [6, 6.07) is 0.421. The average molecular weight is 430 g/mol. The fourth-order valence-electron chi connectivity index (χ4n) is 1.99. The zero-order valence-corrected chi connectivity index (χ0v) is 16.1. The number of halogens is 1. The maximum Gasteiger partial charge on any atom is 0.213 e. The van der Waals surface area contributed by atoms with E-state index in [1.807, 2.05) is 0 Å². The van der Waals surface area contributed by atoms with Crippen LogP contribution in [0.3, 0.4) is 0 Å². The highest BCUT2D eigenvalue weighted by Crippen LogP contribution is 2.08. The predicted octanol–water partition coefficient (Wildman–Crippen LogP) is 1.16. The quantitative estimate of drug-likeness (QED) is 0.209. The lowest BCUT2D eigenvalue weighted by Crippen LogP contribution is -2.43. The van der Waals surface area contributed by atoms with Crippen molar-refractivity contribution in [2.24, 2.45) is 4.99 Å². The van der Waals surface area contributed by atoms with Gasteiger partial charge < -0.3 is 10.6 Å². The number of rotatable bonds is 7. The SMILES string of the molecule is CCS(=O)(=O)N(C)CCCNC(=NC)NC1CC=CC1.I. The van der Waals surface area contributed by atoms with E-state index in [9.17, 15) is 8.42 Å². The third kappa shape index (κ3) is 7.46. The Bertz CT molecular complexity index is 443. The number of nitrogens with one attached hydrogen (secondary N) is 2. The highest BCUT2D eigenvalue weighted by molar-refractivity contribution is 14.0. The van der Waals surface area contributed by atoms with Gasteiger partial charge in [-0.15, -0.1) is 24.0 Å². The number of guanidine groups is 1. The van der Waals surface area contributed by atoms with Crippen LogP contribution >= 0.6 is 24.0 Å². The van der Waals surface area contributed by atoms with Gasteiger partial charge in [-0.3, -0.25) is 4.99 Å². The van der Waals surface area contributed by atoms with Crippen molar-refractivity contribution in [3.8, 4) is 0 Å². The van der Waals surface area contributed by atoms with E-state index < -0.39 is 10.0 Å². The van der Waals surface area contributed by atoms with Crippen LogP contribution in [0.1, 0.15) is 26.2 Å².